The van der Waals surface area contributed by atoms with Crippen molar-refractivity contribution in [3.63, 3.8) is 0 Å². The van der Waals surface area contributed by atoms with Crippen molar-refractivity contribution in [2.45, 2.75) is 43.9 Å². The second-order valence-electron chi connectivity index (χ2n) is 12.7. The fourth-order valence-corrected chi connectivity index (χ4v) is 8.40. The molecule has 0 spiro atoms. The lowest BCUT2D eigenvalue weighted by atomic mass is 9.48. The second-order valence-corrected chi connectivity index (χ2v) is 12.7. The Balaban J connectivity index is 1.21. The van der Waals surface area contributed by atoms with Gasteiger partial charge in [-0.2, -0.15) is 5.26 Å². The molecule has 0 unspecified atom stereocenters. The normalized spacial score (nSPS) is 23.9. The Morgan fingerprint density at radius 3 is 1.67 bits per heavy atom. The van der Waals surface area contributed by atoms with E-state index in [1.165, 1.54) is 44.1 Å². The number of hydrogen-bond donors (Lipinski definition) is 0. The molecule has 0 N–H and O–H groups in total. The molecule has 0 amide bonds. The third-order valence-electron chi connectivity index (χ3n) is 9.91. The van der Waals surface area contributed by atoms with Crippen molar-refractivity contribution in [1.29, 1.82) is 5.26 Å². The third-order valence-corrected chi connectivity index (χ3v) is 9.91. The second kappa shape index (κ2) is 10.0. The van der Waals surface area contributed by atoms with Crippen LogP contribution in [-0.4, -0.2) is 15.0 Å². The summed E-state index contributed by atoms with van der Waals surface area (Å²) in [4.78, 5) is 14.9. The van der Waals surface area contributed by atoms with E-state index in [1.807, 2.05) is 24.3 Å². The molecule has 1 aromatic heterocycles. The maximum absolute atomic E-state index is 9.52. The lowest BCUT2D eigenvalue weighted by Crippen LogP contribution is -2.48. The van der Waals surface area contributed by atoms with Crippen LogP contribution in [0.25, 0.3) is 45.3 Å². The van der Waals surface area contributed by atoms with Crippen molar-refractivity contribution < 1.29 is 0 Å². The van der Waals surface area contributed by atoms with Crippen LogP contribution in [0, 0.1) is 29.1 Å². The summed E-state index contributed by atoms with van der Waals surface area (Å²) in [7, 11) is 0. The van der Waals surface area contributed by atoms with Crippen molar-refractivity contribution in [2.24, 2.45) is 17.8 Å². The van der Waals surface area contributed by atoms with Gasteiger partial charge in [0.15, 0.2) is 17.5 Å². The molecular weight excluding hydrogens is 512 g/mol. The summed E-state index contributed by atoms with van der Waals surface area (Å²) < 4.78 is 0. The van der Waals surface area contributed by atoms with E-state index in [-0.39, 0.29) is 0 Å². The molecule has 0 aliphatic heterocycles. The molecule has 4 heteroatoms. The van der Waals surface area contributed by atoms with E-state index >= 15 is 0 Å². The predicted molar refractivity (Wildman–Crippen MR) is 166 cm³/mol. The average Bonchev–Trinajstić information content (AvgIpc) is 3.04. The van der Waals surface area contributed by atoms with E-state index in [2.05, 4.69) is 78.9 Å². The Hall–Kier alpha value is -4.62. The minimum Gasteiger partial charge on any atom is -0.208 e. The number of hydrogen-bond acceptors (Lipinski definition) is 4. The summed E-state index contributed by atoms with van der Waals surface area (Å²) in [5, 5.41) is 9.52. The first kappa shape index (κ1) is 25.1. The van der Waals surface area contributed by atoms with Gasteiger partial charge in [-0.1, -0.05) is 84.9 Å². The third kappa shape index (κ3) is 4.50. The highest BCUT2D eigenvalue weighted by Crippen LogP contribution is 2.60. The van der Waals surface area contributed by atoms with Gasteiger partial charge in [0.25, 0.3) is 0 Å². The summed E-state index contributed by atoms with van der Waals surface area (Å²) >= 11 is 0. The fourth-order valence-electron chi connectivity index (χ4n) is 8.40. The number of benzene rings is 4. The van der Waals surface area contributed by atoms with E-state index < -0.39 is 0 Å². The van der Waals surface area contributed by atoms with Gasteiger partial charge in [-0.15, -0.1) is 0 Å². The minimum atomic E-state index is 0.359. The number of aromatic nitrogens is 3. The molecule has 0 saturated heterocycles. The maximum atomic E-state index is 9.52. The number of nitriles is 1. The van der Waals surface area contributed by atoms with Crippen LogP contribution in [0.1, 0.15) is 49.7 Å². The van der Waals surface area contributed by atoms with Gasteiger partial charge in [-0.3, -0.25) is 0 Å². The van der Waals surface area contributed by atoms with Gasteiger partial charge < -0.3 is 0 Å². The highest BCUT2D eigenvalue weighted by Gasteiger charge is 2.51. The Bertz CT molecular complexity index is 1780. The molecule has 4 aromatic carbocycles. The van der Waals surface area contributed by atoms with Crippen molar-refractivity contribution in [3.05, 3.63) is 114 Å². The van der Waals surface area contributed by atoms with Crippen LogP contribution >= 0.6 is 0 Å². The molecule has 42 heavy (non-hydrogen) atoms. The molecule has 4 nitrogen and oxygen atoms in total. The first-order valence-electron chi connectivity index (χ1n) is 15.2. The zero-order chi connectivity index (χ0) is 28.1. The fraction of sp³-hybridized carbons (Fsp3) is 0.263. The van der Waals surface area contributed by atoms with Crippen molar-refractivity contribution in [2.75, 3.05) is 0 Å². The van der Waals surface area contributed by atoms with Crippen LogP contribution in [0.15, 0.2) is 103 Å². The van der Waals surface area contributed by atoms with Crippen LogP contribution in [0.5, 0.6) is 0 Å². The molecule has 4 aliphatic carbocycles. The molecular formula is C38H32N4. The summed E-state index contributed by atoms with van der Waals surface area (Å²) in [5.41, 5.74) is 7.44. The molecule has 1 heterocycles. The van der Waals surface area contributed by atoms with Gasteiger partial charge in [-0.05, 0) is 96.6 Å². The molecule has 0 radical (unpaired) electrons. The largest absolute Gasteiger partial charge is 0.208 e. The van der Waals surface area contributed by atoms with E-state index in [0.717, 1.165) is 45.6 Å². The van der Waals surface area contributed by atoms with Crippen LogP contribution in [0.4, 0.5) is 0 Å². The average molecular weight is 545 g/mol. The topological polar surface area (TPSA) is 62.5 Å². The van der Waals surface area contributed by atoms with Gasteiger partial charge in [0.1, 0.15) is 0 Å². The molecule has 4 saturated carbocycles. The summed E-state index contributed by atoms with van der Waals surface area (Å²) in [5.74, 6) is 4.60. The Morgan fingerprint density at radius 2 is 1.05 bits per heavy atom. The maximum Gasteiger partial charge on any atom is 0.164 e. The molecule has 9 rings (SSSR count). The van der Waals surface area contributed by atoms with Gasteiger partial charge in [-0.25, -0.2) is 15.0 Å². The number of rotatable bonds is 5. The quantitative estimate of drug-likeness (QED) is 0.222. The summed E-state index contributed by atoms with van der Waals surface area (Å²) in [6, 6.07) is 37.6. The van der Waals surface area contributed by atoms with Gasteiger partial charge in [0.2, 0.25) is 0 Å². The van der Waals surface area contributed by atoms with E-state index in [0.29, 0.717) is 28.5 Å². The number of nitrogens with zero attached hydrogens (tertiary/aromatic N) is 4. The zero-order valence-electron chi connectivity index (χ0n) is 23.6. The SMILES string of the molecule is N#Cc1cccc(-c2nc(-c3ccc(C45C[C@H]6C[C@H](C4)C[C@@H](C5)C6)cc3)nc(-c3cccc(-c4ccccc4)c3)n2)c1. The minimum absolute atomic E-state index is 0.359. The standard InChI is InChI=1S/C38H32N4/c39-24-25-6-4-10-32(19-25)36-40-35(41-37(42-36)33-11-5-9-31(20-33)29-7-2-1-3-8-29)30-12-14-34(15-13-30)38-21-26-16-27(22-38)18-28(17-26)23-38/h1-15,19-20,26-28H,16-18,21-23H2/t26-,27-,28-,38?. The Morgan fingerprint density at radius 1 is 0.524 bits per heavy atom. The molecule has 4 fully saturated rings. The van der Waals surface area contributed by atoms with Crippen molar-refractivity contribution in [1.82, 2.24) is 15.0 Å². The lowest BCUT2D eigenvalue weighted by Gasteiger charge is -2.57. The molecule has 0 atom stereocenters. The van der Waals surface area contributed by atoms with Crippen molar-refractivity contribution in [3.8, 4) is 51.4 Å². The lowest BCUT2D eigenvalue weighted by molar-refractivity contribution is -0.00518. The van der Waals surface area contributed by atoms with Gasteiger partial charge in [0.05, 0.1) is 11.6 Å². The zero-order valence-corrected chi connectivity index (χ0v) is 23.6. The highest BCUT2D eigenvalue weighted by molar-refractivity contribution is 5.72. The van der Waals surface area contributed by atoms with Crippen LogP contribution < -0.4 is 0 Å². The Kier molecular flexibility index (Phi) is 6.00. The first-order chi connectivity index (χ1) is 20.6. The van der Waals surface area contributed by atoms with Crippen LogP contribution in [0.2, 0.25) is 0 Å². The molecule has 4 aliphatic rings. The molecule has 204 valence electrons. The van der Waals surface area contributed by atoms with E-state index in [1.54, 1.807) is 6.07 Å². The summed E-state index contributed by atoms with van der Waals surface area (Å²) in [6.07, 6.45) is 8.41. The monoisotopic (exact) mass is 544 g/mol. The smallest absolute Gasteiger partial charge is 0.164 e. The first-order valence-corrected chi connectivity index (χ1v) is 15.2. The van der Waals surface area contributed by atoms with Gasteiger partial charge >= 0.3 is 0 Å². The van der Waals surface area contributed by atoms with E-state index in [4.69, 9.17) is 15.0 Å². The summed E-state index contributed by atoms with van der Waals surface area (Å²) in [6.45, 7) is 0. The predicted octanol–water partition coefficient (Wildman–Crippen LogP) is 8.88. The van der Waals surface area contributed by atoms with Crippen molar-refractivity contribution >= 4 is 0 Å². The molecule has 5 aromatic rings. The van der Waals surface area contributed by atoms with E-state index in [9.17, 15) is 5.26 Å². The van der Waals surface area contributed by atoms with Gasteiger partial charge in [0, 0.05) is 16.7 Å². The van der Waals surface area contributed by atoms with Crippen LogP contribution in [-0.2, 0) is 5.41 Å². The van der Waals surface area contributed by atoms with Crippen LogP contribution in [0.3, 0.4) is 0 Å². The Labute approximate surface area is 247 Å². The highest BCUT2D eigenvalue weighted by atomic mass is 15.0. The molecule has 4 bridgehead atoms.